The molecular formula is C13H18FN. The van der Waals surface area contributed by atoms with Crippen LogP contribution >= 0.6 is 0 Å². The van der Waals surface area contributed by atoms with E-state index >= 15 is 0 Å². The summed E-state index contributed by atoms with van der Waals surface area (Å²) in [6.45, 7) is 6.65. The smallest absolute Gasteiger partial charge is 0.123 e. The van der Waals surface area contributed by atoms with E-state index in [4.69, 9.17) is 0 Å². The maximum Gasteiger partial charge on any atom is 0.123 e. The van der Waals surface area contributed by atoms with E-state index in [0.717, 1.165) is 24.9 Å². The summed E-state index contributed by atoms with van der Waals surface area (Å²) in [5, 5.41) is 3.06. The molecule has 0 amide bonds. The van der Waals surface area contributed by atoms with Crippen LogP contribution in [0.25, 0.3) is 0 Å². The number of hydrogen-bond donors (Lipinski definition) is 1. The van der Waals surface area contributed by atoms with Crippen LogP contribution in [0.5, 0.6) is 0 Å². The molecule has 1 atom stereocenters. The van der Waals surface area contributed by atoms with Gasteiger partial charge in [0.2, 0.25) is 0 Å². The van der Waals surface area contributed by atoms with Crippen molar-refractivity contribution < 1.29 is 4.39 Å². The Morgan fingerprint density at radius 3 is 3.00 bits per heavy atom. The van der Waals surface area contributed by atoms with Gasteiger partial charge >= 0.3 is 0 Å². The van der Waals surface area contributed by atoms with E-state index in [1.165, 1.54) is 6.07 Å². The molecule has 0 heterocycles. The minimum absolute atomic E-state index is 0.149. The summed E-state index contributed by atoms with van der Waals surface area (Å²) in [5.74, 6) is 0.260. The lowest BCUT2D eigenvalue weighted by Crippen LogP contribution is -2.07. The van der Waals surface area contributed by atoms with Crippen LogP contribution in [-0.2, 0) is 0 Å². The van der Waals surface area contributed by atoms with Crippen molar-refractivity contribution in [3.05, 3.63) is 48.4 Å². The van der Waals surface area contributed by atoms with Crippen molar-refractivity contribution >= 4 is 0 Å². The molecule has 15 heavy (non-hydrogen) atoms. The minimum Gasteiger partial charge on any atom is -0.391 e. The molecule has 0 fully saturated rings. The molecule has 1 unspecified atom stereocenters. The van der Waals surface area contributed by atoms with Crippen molar-refractivity contribution in [2.24, 2.45) is 0 Å². The summed E-state index contributed by atoms with van der Waals surface area (Å²) >= 11 is 0. The second-order valence-corrected chi connectivity index (χ2v) is 3.76. The van der Waals surface area contributed by atoms with Crippen LogP contribution in [0, 0.1) is 5.82 Å². The lowest BCUT2D eigenvalue weighted by Gasteiger charge is -2.11. The fourth-order valence-electron chi connectivity index (χ4n) is 1.59. The van der Waals surface area contributed by atoms with E-state index in [9.17, 15) is 4.39 Å². The van der Waals surface area contributed by atoms with Gasteiger partial charge in [-0.2, -0.15) is 0 Å². The predicted molar refractivity (Wildman–Crippen MR) is 62.2 cm³/mol. The molecule has 1 nitrogen and oxygen atoms in total. The van der Waals surface area contributed by atoms with Gasteiger partial charge in [-0.05, 0) is 42.7 Å². The van der Waals surface area contributed by atoms with Gasteiger partial charge in [0.05, 0.1) is 0 Å². The largest absolute Gasteiger partial charge is 0.391 e. The van der Waals surface area contributed by atoms with Gasteiger partial charge < -0.3 is 5.32 Å². The molecule has 0 bridgehead atoms. The third-order valence-corrected chi connectivity index (χ3v) is 2.52. The Balaban J connectivity index is 2.39. The van der Waals surface area contributed by atoms with Crippen molar-refractivity contribution in [2.45, 2.75) is 25.7 Å². The molecule has 0 saturated carbocycles. The van der Waals surface area contributed by atoms with Crippen molar-refractivity contribution in [3.63, 3.8) is 0 Å². The van der Waals surface area contributed by atoms with Gasteiger partial charge in [0.15, 0.2) is 0 Å². The quantitative estimate of drug-likeness (QED) is 0.704. The second kappa shape index (κ2) is 6.23. The molecule has 1 aromatic carbocycles. The maximum atomic E-state index is 12.9. The molecule has 0 saturated heterocycles. The number of rotatable bonds is 6. The van der Waals surface area contributed by atoms with Crippen molar-refractivity contribution in [3.8, 4) is 0 Å². The van der Waals surface area contributed by atoms with E-state index in [1.807, 2.05) is 6.07 Å². The first-order valence-corrected chi connectivity index (χ1v) is 5.34. The first-order valence-electron chi connectivity index (χ1n) is 5.34. The van der Waals surface area contributed by atoms with E-state index in [0.29, 0.717) is 5.92 Å². The zero-order valence-electron chi connectivity index (χ0n) is 9.17. The summed E-state index contributed by atoms with van der Waals surface area (Å²) in [4.78, 5) is 0. The van der Waals surface area contributed by atoms with Crippen LogP contribution in [0.2, 0.25) is 0 Å². The monoisotopic (exact) mass is 207 g/mol. The third-order valence-electron chi connectivity index (χ3n) is 2.52. The number of nitrogens with one attached hydrogen (secondary N) is 1. The van der Waals surface area contributed by atoms with Gasteiger partial charge in [-0.1, -0.05) is 25.6 Å². The van der Waals surface area contributed by atoms with Crippen LogP contribution in [0.4, 0.5) is 4.39 Å². The van der Waals surface area contributed by atoms with Gasteiger partial charge in [-0.3, -0.25) is 0 Å². The Labute approximate surface area is 91.0 Å². The maximum absolute atomic E-state index is 12.9. The standard InChI is InChI=1S/C13H18FN/c1-3-15-9-5-6-11(2)12-7-4-8-13(14)10-12/h3-4,7-8,10-11,15H,1,5-6,9H2,2H3. The fraction of sp³-hybridized carbons (Fsp3) is 0.385. The van der Waals surface area contributed by atoms with Crippen LogP contribution in [0.15, 0.2) is 37.0 Å². The minimum atomic E-state index is -0.149. The van der Waals surface area contributed by atoms with E-state index in [1.54, 1.807) is 18.3 Å². The average Bonchev–Trinajstić information content (AvgIpc) is 2.24. The zero-order chi connectivity index (χ0) is 11.1. The van der Waals surface area contributed by atoms with E-state index in [-0.39, 0.29) is 5.82 Å². The lowest BCUT2D eigenvalue weighted by molar-refractivity contribution is 0.599. The lowest BCUT2D eigenvalue weighted by atomic mass is 9.96. The number of halogens is 1. The molecule has 1 N–H and O–H groups in total. The molecule has 2 heteroatoms. The highest BCUT2D eigenvalue weighted by Gasteiger charge is 2.05. The molecule has 0 aromatic heterocycles. The third kappa shape index (κ3) is 4.15. The van der Waals surface area contributed by atoms with Crippen molar-refractivity contribution in [1.29, 1.82) is 0 Å². The Hall–Kier alpha value is -1.31. The Morgan fingerprint density at radius 1 is 1.53 bits per heavy atom. The molecule has 0 aliphatic heterocycles. The highest BCUT2D eigenvalue weighted by Crippen LogP contribution is 2.20. The van der Waals surface area contributed by atoms with Crippen LogP contribution in [0.3, 0.4) is 0 Å². The SMILES string of the molecule is C=CNCCCC(C)c1cccc(F)c1. The summed E-state index contributed by atoms with van der Waals surface area (Å²) in [6.07, 6.45) is 3.83. The summed E-state index contributed by atoms with van der Waals surface area (Å²) < 4.78 is 12.9. The first-order chi connectivity index (χ1) is 7.24. The molecule has 0 aliphatic carbocycles. The summed E-state index contributed by atoms with van der Waals surface area (Å²) in [7, 11) is 0. The normalized spacial score (nSPS) is 12.1. The molecule has 0 aliphatic rings. The second-order valence-electron chi connectivity index (χ2n) is 3.76. The van der Waals surface area contributed by atoms with Crippen LogP contribution in [0.1, 0.15) is 31.2 Å². The van der Waals surface area contributed by atoms with Gasteiger partial charge in [-0.15, -0.1) is 0 Å². The van der Waals surface area contributed by atoms with E-state index in [2.05, 4.69) is 18.8 Å². The number of benzene rings is 1. The number of hydrogen-bond acceptors (Lipinski definition) is 1. The average molecular weight is 207 g/mol. The first kappa shape index (κ1) is 11.8. The summed E-state index contributed by atoms with van der Waals surface area (Å²) in [5.41, 5.74) is 1.08. The molecule has 82 valence electrons. The van der Waals surface area contributed by atoms with Crippen LogP contribution in [-0.4, -0.2) is 6.54 Å². The van der Waals surface area contributed by atoms with Gasteiger partial charge in [-0.25, -0.2) is 4.39 Å². The van der Waals surface area contributed by atoms with Gasteiger partial charge in [0, 0.05) is 6.54 Å². The van der Waals surface area contributed by atoms with Gasteiger partial charge in [0.25, 0.3) is 0 Å². The molecular weight excluding hydrogens is 189 g/mol. The van der Waals surface area contributed by atoms with Gasteiger partial charge in [0.1, 0.15) is 5.82 Å². The highest BCUT2D eigenvalue weighted by atomic mass is 19.1. The fourth-order valence-corrected chi connectivity index (χ4v) is 1.59. The predicted octanol–water partition coefficient (Wildman–Crippen LogP) is 3.44. The van der Waals surface area contributed by atoms with Crippen molar-refractivity contribution in [2.75, 3.05) is 6.54 Å². The Morgan fingerprint density at radius 2 is 2.33 bits per heavy atom. The molecule has 1 aromatic rings. The molecule has 0 radical (unpaired) electrons. The molecule has 1 rings (SSSR count). The van der Waals surface area contributed by atoms with E-state index < -0.39 is 0 Å². The summed E-state index contributed by atoms with van der Waals surface area (Å²) in [6, 6.07) is 6.85. The zero-order valence-corrected chi connectivity index (χ0v) is 9.17. The highest BCUT2D eigenvalue weighted by molar-refractivity contribution is 5.19. The topological polar surface area (TPSA) is 12.0 Å². The Kier molecular flexibility index (Phi) is 4.88. The molecule has 0 spiro atoms. The Bertz CT molecular complexity index is 309. The van der Waals surface area contributed by atoms with Crippen molar-refractivity contribution in [1.82, 2.24) is 5.32 Å². The van der Waals surface area contributed by atoms with Crippen LogP contribution < -0.4 is 5.32 Å².